The van der Waals surface area contributed by atoms with Crippen LogP contribution in [0.5, 0.6) is 0 Å². The van der Waals surface area contributed by atoms with Crippen molar-refractivity contribution in [1.82, 2.24) is 9.55 Å². The molecule has 2 unspecified atom stereocenters. The topological polar surface area (TPSA) is 53.1 Å². The minimum absolute atomic E-state index is 0.198. The molecule has 1 aromatic heterocycles. The first kappa shape index (κ1) is 12.2. The SMILES string of the molecule is CCC(N)Cc1nccn1CC(C)OC. The van der Waals surface area contributed by atoms with Gasteiger partial charge in [0.1, 0.15) is 5.82 Å². The Labute approximate surface area is 91.4 Å². The number of nitrogens with two attached hydrogens (primary N) is 1. The molecule has 2 atom stereocenters. The Hall–Kier alpha value is -0.870. The lowest BCUT2D eigenvalue weighted by molar-refractivity contribution is 0.102. The van der Waals surface area contributed by atoms with E-state index in [2.05, 4.69) is 16.5 Å². The zero-order valence-corrected chi connectivity index (χ0v) is 9.81. The molecule has 0 aliphatic carbocycles. The van der Waals surface area contributed by atoms with Crippen LogP contribution in [0, 0.1) is 0 Å². The van der Waals surface area contributed by atoms with E-state index in [4.69, 9.17) is 10.5 Å². The second-order valence-corrected chi connectivity index (χ2v) is 3.91. The summed E-state index contributed by atoms with van der Waals surface area (Å²) >= 11 is 0. The predicted molar refractivity (Wildman–Crippen MR) is 60.7 cm³/mol. The van der Waals surface area contributed by atoms with Gasteiger partial charge in [-0.2, -0.15) is 0 Å². The van der Waals surface area contributed by atoms with E-state index in [0.29, 0.717) is 0 Å². The Morgan fingerprint density at radius 1 is 1.60 bits per heavy atom. The Balaban J connectivity index is 2.60. The van der Waals surface area contributed by atoms with Crippen molar-refractivity contribution in [2.75, 3.05) is 7.11 Å². The Morgan fingerprint density at radius 2 is 2.33 bits per heavy atom. The zero-order valence-electron chi connectivity index (χ0n) is 9.81. The average molecular weight is 211 g/mol. The van der Waals surface area contributed by atoms with E-state index < -0.39 is 0 Å². The third-order valence-corrected chi connectivity index (χ3v) is 2.63. The van der Waals surface area contributed by atoms with Crippen molar-refractivity contribution < 1.29 is 4.74 Å². The lowest BCUT2D eigenvalue weighted by Gasteiger charge is -2.14. The number of nitrogens with zero attached hydrogens (tertiary/aromatic N) is 2. The molecule has 0 aliphatic rings. The summed E-state index contributed by atoms with van der Waals surface area (Å²) in [5.74, 6) is 1.05. The molecule has 86 valence electrons. The minimum atomic E-state index is 0.198. The van der Waals surface area contributed by atoms with E-state index in [1.54, 1.807) is 7.11 Å². The fourth-order valence-electron chi connectivity index (χ4n) is 1.43. The molecule has 0 saturated heterocycles. The van der Waals surface area contributed by atoms with Crippen molar-refractivity contribution in [3.05, 3.63) is 18.2 Å². The van der Waals surface area contributed by atoms with E-state index in [0.717, 1.165) is 25.2 Å². The number of ether oxygens (including phenoxy) is 1. The Bertz CT molecular complexity index is 259. The molecule has 0 aromatic carbocycles. The summed E-state index contributed by atoms with van der Waals surface area (Å²) < 4.78 is 7.34. The number of aromatic nitrogens is 2. The summed E-state index contributed by atoms with van der Waals surface area (Å²) in [7, 11) is 1.72. The van der Waals surface area contributed by atoms with E-state index in [-0.39, 0.29) is 12.1 Å². The molecular weight excluding hydrogens is 190 g/mol. The highest BCUT2D eigenvalue weighted by Crippen LogP contribution is 2.05. The first-order chi connectivity index (χ1) is 7.17. The van der Waals surface area contributed by atoms with E-state index in [1.807, 2.05) is 19.3 Å². The van der Waals surface area contributed by atoms with Gasteiger partial charge in [0, 0.05) is 38.5 Å². The van der Waals surface area contributed by atoms with Crippen LogP contribution in [0.3, 0.4) is 0 Å². The summed E-state index contributed by atoms with van der Waals surface area (Å²) in [6.45, 7) is 4.97. The number of hydrogen-bond donors (Lipinski definition) is 1. The molecule has 1 aromatic rings. The molecule has 0 radical (unpaired) electrons. The van der Waals surface area contributed by atoms with Gasteiger partial charge in [-0.25, -0.2) is 4.98 Å². The number of imidazole rings is 1. The van der Waals surface area contributed by atoms with Crippen LogP contribution in [0.15, 0.2) is 12.4 Å². The molecule has 1 heterocycles. The van der Waals surface area contributed by atoms with Crippen LogP contribution >= 0.6 is 0 Å². The number of methoxy groups -OCH3 is 1. The Morgan fingerprint density at radius 3 is 2.93 bits per heavy atom. The van der Waals surface area contributed by atoms with Crippen LogP contribution in [0.4, 0.5) is 0 Å². The maximum atomic E-state index is 5.91. The van der Waals surface area contributed by atoms with E-state index in [9.17, 15) is 0 Å². The molecule has 4 heteroatoms. The molecule has 2 N–H and O–H groups in total. The van der Waals surface area contributed by atoms with Gasteiger partial charge in [-0.3, -0.25) is 0 Å². The third-order valence-electron chi connectivity index (χ3n) is 2.63. The number of hydrogen-bond acceptors (Lipinski definition) is 3. The van der Waals surface area contributed by atoms with Crippen molar-refractivity contribution in [1.29, 1.82) is 0 Å². The summed E-state index contributed by atoms with van der Waals surface area (Å²) in [4.78, 5) is 4.32. The maximum Gasteiger partial charge on any atom is 0.110 e. The fraction of sp³-hybridized carbons (Fsp3) is 0.727. The van der Waals surface area contributed by atoms with Crippen molar-refractivity contribution in [3.8, 4) is 0 Å². The summed E-state index contributed by atoms with van der Waals surface area (Å²) in [5.41, 5.74) is 5.91. The van der Waals surface area contributed by atoms with Gasteiger partial charge in [0.05, 0.1) is 6.10 Å². The van der Waals surface area contributed by atoms with Crippen LogP contribution in [0.2, 0.25) is 0 Å². The molecular formula is C11H21N3O. The minimum Gasteiger partial charge on any atom is -0.380 e. The quantitative estimate of drug-likeness (QED) is 0.769. The van der Waals surface area contributed by atoms with Gasteiger partial charge in [-0.05, 0) is 13.3 Å². The van der Waals surface area contributed by atoms with Gasteiger partial charge in [0.2, 0.25) is 0 Å². The van der Waals surface area contributed by atoms with Gasteiger partial charge in [0.15, 0.2) is 0 Å². The molecule has 0 spiro atoms. The molecule has 0 fully saturated rings. The van der Waals surface area contributed by atoms with E-state index >= 15 is 0 Å². The van der Waals surface area contributed by atoms with Gasteiger partial charge in [-0.1, -0.05) is 6.92 Å². The summed E-state index contributed by atoms with van der Waals surface area (Å²) in [6.07, 6.45) is 5.82. The lowest BCUT2D eigenvalue weighted by atomic mass is 10.1. The molecule has 0 amide bonds. The third kappa shape index (κ3) is 3.64. The first-order valence-corrected chi connectivity index (χ1v) is 5.45. The highest BCUT2D eigenvalue weighted by Gasteiger charge is 2.09. The van der Waals surface area contributed by atoms with Gasteiger partial charge in [-0.15, -0.1) is 0 Å². The van der Waals surface area contributed by atoms with Gasteiger partial charge >= 0.3 is 0 Å². The smallest absolute Gasteiger partial charge is 0.110 e. The molecule has 0 bridgehead atoms. The second-order valence-electron chi connectivity index (χ2n) is 3.91. The van der Waals surface area contributed by atoms with Crippen molar-refractivity contribution in [2.24, 2.45) is 5.73 Å². The molecule has 0 aliphatic heterocycles. The van der Waals surface area contributed by atoms with Gasteiger partial charge in [0.25, 0.3) is 0 Å². The normalized spacial score (nSPS) is 15.2. The zero-order chi connectivity index (χ0) is 11.3. The predicted octanol–water partition coefficient (Wildman–Crippen LogP) is 1.20. The average Bonchev–Trinajstić information content (AvgIpc) is 2.65. The summed E-state index contributed by atoms with van der Waals surface area (Å²) in [5, 5.41) is 0. The highest BCUT2D eigenvalue weighted by atomic mass is 16.5. The van der Waals surface area contributed by atoms with Crippen LogP contribution in [-0.4, -0.2) is 28.8 Å². The van der Waals surface area contributed by atoms with Crippen LogP contribution in [-0.2, 0) is 17.7 Å². The van der Waals surface area contributed by atoms with Crippen molar-refractivity contribution >= 4 is 0 Å². The monoisotopic (exact) mass is 211 g/mol. The molecule has 0 saturated carbocycles. The first-order valence-electron chi connectivity index (χ1n) is 5.45. The van der Waals surface area contributed by atoms with Crippen molar-refractivity contribution in [3.63, 3.8) is 0 Å². The number of rotatable bonds is 6. The molecule has 15 heavy (non-hydrogen) atoms. The van der Waals surface area contributed by atoms with Crippen molar-refractivity contribution in [2.45, 2.75) is 45.4 Å². The summed E-state index contributed by atoms with van der Waals surface area (Å²) in [6, 6.07) is 0.198. The highest BCUT2D eigenvalue weighted by molar-refractivity contribution is 4.95. The fourth-order valence-corrected chi connectivity index (χ4v) is 1.43. The molecule has 4 nitrogen and oxygen atoms in total. The lowest BCUT2D eigenvalue weighted by Crippen LogP contribution is -2.25. The van der Waals surface area contributed by atoms with Crippen LogP contribution in [0.25, 0.3) is 0 Å². The Kier molecular flexibility index (Phi) is 4.78. The van der Waals surface area contributed by atoms with E-state index in [1.165, 1.54) is 0 Å². The van der Waals surface area contributed by atoms with Crippen LogP contribution < -0.4 is 5.73 Å². The largest absolute Gasteiger partial charge is 0.380 e. The maximum absolute atomic E-state index is 5.91. The molecule has 1 rings (SSSR count). The van der Waals surface area contributed by atoms with Gasteiger partial charge < -0.3 is 15.0 Å². The van der Waals surface area contributed by atoms with Crippen LogP contribution in [0.1, 0.15) is 26.1 Å². The standard InChI is InChI=1S/C11H21N3O/c1-4-10(12)7-11-13-5-6-14(11)8-9(2)15-3/h5-6,9-10H,4,7-8,12H2,1-3H3. The second kappa shape index (κ2) is 5.88.